The minimum absolute atomic E-state index is 0.0289. The van der Waals surface area contributed by atoms with Crippen molar-refractivity contribution in [2.24, 2.45) is 4.99 Å². The zero-order valence-corrected chi connectivity index (χ0v) is 17.2. The molecule has 1 aliphatic heterocycles. The quantitative estimate of drug-likeness (QED) is 0.550. The van der Waals surface area contributed by atoms with E-state index in [-0.39, 0.29) is 12.5 Å². The van der Waals surface area contributed by atoms with Gasteiger partial charge in [-0.05, 0) is 30.7 Å². The highest BCUT2D eigenvalue weighted by molar-refractivity contribution is 5.86. The molecule has 1 aromatic carbocycles. The number of likely N-dealkylation sites (N-methyl/N-ethyl adjacent to an activating group) is 1. The van der Waals surface area contributed by atoms with Crippen LogP contribution in [-0.4, -0.2) is 68.1 Å². The molecule has 1 atom stereocenters. The zero-order chi connectivity index (χ0) is 20.5. The van der Waals surface area contributed by atoms with E-state index in [0.29, 0.717) is 18.5 Å². The molecule has 0 aliphatic carbocycles. The van der Waals surface area contributed by atoms with Crippen molar-refractivity contribution in [1.29, 1.82) is 0 Å². The average molecular weight is 395 g/mol. The Labute approximate surface area is 172 Å². The number of aromatic nitrogens is 1. The van der Waals surface area contributed by atoms with Crippen molar-refractivity contribution in [3.05, 3.63) is 60.4 Å². The Morgan fingerprint density at radius 2 is 2.03 bits per heavy atom. The van der Waals surface area contributed by atoms with Crippen molar-refractivity contribution in [3.8, 4) is 0 Å². The van der Waals surface area contributed by atoms with Crippen LogP contribution >= 0.6 is 0 Å². The van der Waals surface area contributed by atoms with Crippen LogP contribution in [0.1, 0.15) is 12.1 Å². The Kier molecular flexibility index (Phi) is 7.44. The molecule has 3 rings (SSSR count). The molecule has 1 unspecified atom stereocenters. The van der Waals surface area contributed by atoms with Gasteiger partial charge in [0, 0.05) is 63.8 Å². The topological polar surface area (TPSA) is 72.9 Å². The van der Waals surface area contributed by atoms with Gasteiger partial charge in [-0.2, -0.15) is 0 Å². The van der Waals surface area contributed by atoms with Gasteiger partial charge in [0.05, 0.1) is 6.54 Å². The maximum atomic E-state index is 12.4. The summed E-state index contributed by atoms with van der Waals surface area (Å²) in [5.74, 6) is 0.692. The van der Waals surface area contributed by atoms with Crippen molar-refractivity contribution >= 4 is 17.6 Å². The predicted octanol–water partition coefficient (Wildman–Crippen LogP) is 1.53. The summed E-state index contributed by atoms with van der Waals surface area (Å²) < 4.78 is 0. The lowest BCUT2D eigenvalue weighted by molar-refractivity contribution is -0.128. The molecular weight excluding hydrogens is 364 g/mol. The number of benzene rings is 1. The number of amides is 1. The third-order valence-electron chi connectivity index (χ3n) is 5.14. The Balaban J connectivity index is 1.40. The lowest BCUT2D eigenvalue weighted by Crippen LogP contribution is -2.48. The maximum Gasteiger partial charge on any atom is 0.241 e. The molecule has 1 aromatic heterocycles. The molecule has 1 saturated heterocycles. The Hall–Kier alpha value is -3.09. The number of hydrogen-bond acceptors (Lipinski definition) is 4. The third kappa shape index (κ3) is 6.20. The SMILES string of the molecule is CN=C(NCC(=O)N(C)CCc1ccccn1)NC1CCN(c2ccccc2)C1. The molecule has 1 fully saturated rings. The summed E-state index contributed by atoms with van der Waals surface area (Å²) in [6.07, 6.45) is 3.55. The van der Waals surface area contributed by atoms with Crippen LogP contribution in [0, 0.1) is 0 Å². The van der Waals surface area contributed by atoms with E-state index < -0.39 is 0 Å². The van der Waals surface area contributed by atoms with Crippen LogP contribution in [0.4, 0.5) is 5.69 Å². The van der Waals surface area contributed by atoms with Crippen LogP contribution in [0.25, 0.3) is 0 Å². The van der Waals surface area contributed by atoms with Gasteiger partial charge in [-0.1, -0.05) is 24.3 Å². The van der Waals surface area contributed by atoms with E-state index in [4.69, 9.17) is 0 Å². The van der Waals surface area contributed by atoms with Gasteiger partial charge in [-0.25, -0.2) is 0 Å². The van der Waals surface area contributed by atoms with Gasteiger partial charge >= 0.3 is 0 Å². The molecule has 29 heavy (non-hydrogen) atoms. The number of nitrogens with zero attached hydrogens (tertiary/aromatic N) is 4. The van der Waals surface area contributed by atoms with E-state index in [9.17, 15) is 4.79 Å². The highest BCUT2D eigenvalue weighted by atomic mass is 16.2. The molecule has 1 aliphatic rings. The van der Waals surface area contributed by atoms with Gasteiger partial charge in [0.15, 0.2) is 5.96 Å². The van der Waals surface area contributed by atoms with E-state index in [0.717, 1.165) is 31.6 Å². The predicted molar refractivity (Wildman–Crippen MR) is 117 cm³/mol. The summed E-state index contributed by atoms with van der Waals surface area (Å²) in [6, 6.07) is 16.6. The van der Waals surface area contributed by atoms with Crippen LogP contribution < -0.4 is 15.5 Å². The van der Waals surface area contributed by atoms with Gasteiger partial charge < -0.3 is 20.4 Å². The first-order chi connectivity index (χ1) is 14.2. The highest BCUT2D eigenvalue weighted by Gasteiger charge is 2.23. The normalized spacial score (nSPS) is 16.6. The molecule has 2 aromatic rings. The number of carbonyl (C=O) groups excluding carboxylic acids is 1. The first-order valence-electron chi connectivity index (χ1n) is 10.1. The molecule has 0 saturated carbocycles. The molecular formula is C22H30N6O. The van der Waals surface area contributed by atoms with Crippen LogP contribution in [0.2, 0.25) is 0 Å². The number of hydrogen-bond donors (Lipinski definition) is 2. The maximum absolute atomic E-state index is 12.4. The fourth-order valence-electron chi connectivity index (χ4n) is 3.39. The second-order valence-electron chi connectivity index (χ2n) is 7.22. The fourth-order valence-corrected chi connectivity index (χ4v) is 3.39. The van der Waals surface area contributed by atoms with E-state index in [2.05, 4.69) is 49.8 Å². The number of carbonyl (C=O) groups is 1. The number of rotatable bonds is 7. The van der Waals surface area contributed by atoms with Crippen LogP contribution in [0.5, 0.6) is 0 Å². The fraction of sp³-hybridized carbons (Fsp3) is 0.409. The van der Waals surface area contributed by atoms with E-state index in [1.165, 1.54) is 5.69 Å². The van der Waals surface area contributed by atoms with Gasteiger partial charge in [0.25, 0.3) is 0 Å². The van der Waals surface area contributed by atoms with Crippen molar-refractivity contribution in [1.82, 2.24) is 20.5 Å². The summed E-state index contributed by atoms with van der Waals surface area (Å²) in [5, 5.41) is 6.58. The summed E-state index contributed by atoms with van der Waals surface area (Å²) >= 11 is 0. The second kappa shape index (κ2) is 10.5. The Morgan fingerprint density at radius 3 is 2.76 bits per heavy atom. The summed E-state index contributed by atoms with van der Waals surface area (Å²) in [7, 11) is 3.55. The molecule has 7 nitrogen and oxygen atoms in total. The Morgan fingerprint density at radius 1 is 1.24 bits per heavy atom. The summed E-state index contributed by atoms with van der Waals surface area (Å²) in [5.41, 5.74) is 2.23. The van der Waals surface area contributed by atoms with Gasteiger partial charge in [-0.15, -0.1) is 0 Å². The first kappa shape index (κ1) is 20.6. The largest absolute Gasteiger partial charge is 0.369 e. The van der Waals surface area contributed by atoms with E-state index in [1.807, 2.05) is 31.3 Å². The second-order valence-corrected chi connectivity index (χ2v) is 7.22. The number of aliphatic imine (C=N–C) groups is 1. The smallest absolute Gasteiger partial charge is 0.241 e. The van der Waals surface area contributed by atoms with Crippen molar-refractivity contribution < 1.29 is 4.79 Å². The molecule has 1 amide bonds. The van der Waals surface area contributed by atoms with Crippen molar-refractivity contribution in [3.63, 3.8) is 0 Å². The molecule has 154 valence electrons. The molecule has 0 radical (unpaired) electrons. The average Bonchev–Trinajstić information content (AvgIpc) is 3.24. The molecule has 0 bridgehead atoms. The Bertz CT molecular complexity index is 795. The van der Waals surface area contributed by atoms with E-state index >= 15 is 0 Å². The number of nitrogens with one attached hydrogen (secondary N) is 2. The summed E-state index contributed by atoms with van der Waals surface area (Å²) in [6.45, 7) is 2.78. The van der Waals surface area contributed by atoms with Gasteiger partial charge in [0.1, 0.15) is 0 Å². The molecule has 2 N–H and O–H groups in total. The zero-order valence-electron chi connectivity index (χ0n) is 17.2. The summed E-state index contributed by atoms with van der Waals surface area (Å²) in [4.78, 5) is 25.1. The number of anilines is 1. The number of pyridine rings is 1. The van der Waals surface area contributed by atoms with Crippen LogP contribution in [-0.2, 0) is 11.2 Å². The first-order valence-corrected chi connectivity index (χ1v) is 10.1. The van der Waals surface area contributed by atoms with Gasteiger partial charge in [0.2, 0.25) is 5.91 Å². The van der Waals surface area contributed by atoms with Crippen LogP contribution in [0.3, 0.4) is 0 Å². The lowest BCUT2D eigenvalue weighted by atomic mass is 10.2. The monoisotopic (exact) mass is 394 g/mol. The standard InChI is InChI=1S/C22H30N6O/c1-23-22(26-19-12-15-28(17-19)20-9-4-3-5-10-20)25-16-21(29)27(2)14-11-18-8-6-7-13-24-18/h3-10,13,19H,11-12,14-17H2,1-2H3,(H2,23,25,26). The number of para-hydroxylation sites is 1. The van der Waals surface area contributed by atoms with Gasteiger partial charge in [-0.3, -0.25) is 14.8 Å². The van der Waals surface area contributed by atoms with Crippen LogP contribution in [0.15, 0.2) is 59.7 Å². The van der Waals surface area contributed by atoms with Crippen molar-refractivity contribution in [2.75, 3.05) is 45.2 Å². The number of guanidine groups is 1. The molecule has 2 heterocycles. The lowest BCUT2D eigenvalue weighted by Gasteiger charge is -2.21. The minimum Gasteiger partial charge on any atom is -0.369 e. The molecule has 0 spiro atoms. The van der Waals surface area contributed by atoms with Crippen molar-refractivity contribution in [2.45, 2.75) is 18.9 Å². The minimum atomic E-state index is 0.0289. The third-order valence-corrected chi connectivity index (χ3v) is 5.14. The highest BCUT2D eigenvalue weighted by Crippen LogP contribution is 2.19. The molecule has 7 heteroatoms. The van der Waals surface area contributed by atoms with E-state index in [1.54, 1.807) is 18.1 Å².